The first kappa shape index (κ1) is 41.4. The van der Waals surface area contributed by atoms with Gasteiger partial charge in [0, 0.05) is 30.4 Å². The quantitative estimate of drug-likeness (QED) is 0.109. The molecule has 2 aromatic carbocycles. The van der Waals surface area contributed by atoms with Crippen LogP contribution in [0.3, 0.4) is 0 Å². The number of hydrogen-bond donors (Lipinski definition) is 5. The van der Waals surface area contributed by atoms with E-state index in [1.807, 2.05) is 82.4 Å². The Hall–Kier alpha value is -6.19. The summed E-state index contributed by atoms with van der Waals surface area (Å²) in [5.41, 5.74) is 5.22. The Balaban J connectivity index is 1.17. The zero-order chi connectivity index (χ0) is 41.7. The molecule has 0 bridgehead atoms. The topological polar surface area (TPSA) is 212 Å². The van der Waals surface area contributed by atoms with Gasteiger partial charge in [-0.1, -0.05) is 76.2 Å². The van der Waals surface area contributed by atoms with Gasteiger partial charge in [0.1, 0.15) is 23.7 Å². The third-order valence-electron chi connectivity index (χ3n) is 10.9. The summed E-state index contributed by atoms with van der Waals surface area (Å²) in [7, 11) is 2.53. The number of nitrogens with zero attached hydrogens (tertiary/aromatic N) is 4. The lowest BCUT2D eigenvalue weighted by molar-refractivity contribution is -0.137. The molecule has 16 heteroatoms. The van der Waals surface area contributed by atoms with E-state index in [9.17, 15) is 29.1 Å². The molecular formula is C42H52N8O8. The first-order chi connectivity index (χ1) is 27.8. The molecule has 4 amide bonds. The van der Waals surface area contributed by atoms with E-state index in [4.69, 9.17) is 19.4 Å². The van der Waals surface area contributed by atoms with Crippen molar-refractivity contribution >= 4 is 30.0 Å². The number of hydrogen-bond acceptors (Lipinski definition) is 9. The van der Waals surface area contributed by atoms with Crippen molar-refractivity contribution in [1.29, 1.82) is 0 Å². The number of carboxylic acids is 1. The number of aromatic amines is 2. The third-order valence-corrected chi connectivity index (χ3v) is 10.9. The smallest absolute Gasteiger partial charge is 0.407 e. The number of nitrogens with one attached hydrogen (secondary N) is 4. The third kappa shape index (κ3) is 9.00. The molecule has 0 radical (unpaired) electrons. The molecule has 308 valence electrons. The van der Waals surface area contributed by atoms with Crippen LogP contribution in [0.15, 0.2) is 54.7 Å². The van der Waals surface area contributed by atoms with Crippen LogP contribution < -0.4 is 10.6 Å². The van der Waals surface area contributed by atoms with Gasteiger partial charge in [-0.3, -0.25) is 14.4 Å². The second kappa shape index (κ2) is 17.9. The molecule has 4 aromatic rings. The van der Waals surface area contributed by atoms with Crippen LogP contribution >= 0.6 is 0 Å². The highest BCUT2D eigenvalue weighted by molar-refractivity contribution is 5.87. The monoisotopic (exact) mass is 796 g/mol. The van der Waals surface area contributed by atoms with E-state index in [-0.39, 0.29) is 36.1 Å². The summed E-state index contributed by atoms with van der Waals surface area (Å²) in [6, 6.07) is 13.5. The fourth-order valence-corrected chi connectivity index (χ4v) is 7.80. The van der Waals surface area contributed by atoms with Crippen LogP contribution in [-0.2, 0) is 30.3 Å². The SMILES string of the molecule is COC(=O)N[C@H](C(=O)N1CCC[C@H]1c1nc(-c2ccc(-c3ccc(-c4nc([C@@H]5CCCN5C(=O)[C@@H](NC(=O)OC)C(C)C)[nH]c4CC(=O)O)cc3)cc2)c[nH]1)C(C)C. The molecule has 58 heavy (non-hydrogen) atoms. The number of aromatic nitrogens is 4. The van der Waals surface area contributed by atoms with E-state index >= 15 is 0 Å². The van der Waals surface area contributed by atoms with Crippen molar-refractivity contribution in [2.24, 2.45) is 11.8 Å². The van der Waals surface area contributed by atoms with Crippen molar-refractivity contribution in [3.05, 3.63) is 72.1 Å². The number of carbonyl (C=O) groups is 5. The number of likely N-dealkylation sites (tertiary alicyclic amines) is 2. The zero-order valence-electron chi connectivity index (χ0n) is 33.7. The van der Waals surface area contributed by atoms with Crippen molar-refractivity contribution in [2.75, 3.05) is 27.3 Å². The van der Waals surface area contributed by atoms with Gasteiger partial charge in [0.05, 0.1) is 49.8 Å². The highest BCUT2D eigenvalue weighted by atomic mass is 16.5. The van der Waals surface area contributed by atoms with Crippen LogP contribution in [0.5, 0.6) is 0 Å². The molecule has 2 fully saturated rings. The minimum Gasteiger partial charge on any atom is -0.481 e. The number of benzene rings is 2. The maximum Gasteiger partial charge on any atom is 0.407 e. The number of methoxy groups -OCH3 is 2. The summed E-state index contributed by atoms with van der Waals surface area (Å²) in [5.74, 6) is -0.556. The minimum absolute atomic E-state index is 0.128. The number of carboxylic acid groups (broad SMARTS) is 1. The van der Waals surface area contributed by atoms with Crippen molar-refractivity contribution in [2.45, 2.75) is 84.0 Å². The summed E-state index contributed by atoms with van der Waals surface area (Å²) in [6.45, 7) is 8.51. The van der Waals surface area contributed by atoms with Gasteiger partial charge in [-0.15, -0.1) is 0 Å². The molecule has 2 saturated heterocycles. The first-order valence-corrected chi connectivity index (χ1v) is 19.7. The Bertz CT molecular complexity index is 2110. The summed E-state index contributed by atoms with van der Waals surface area (Å²) >= 11 is 0. The van der Waals surface area contributed by atoms with Crippen LogP contribution in [-0.4, -0.2) is 104 Å². The van der Waals surface area contributed by atoms with Crippen molar-refractivity contribution in [1.82, 2.24) is 40.4 Å². The van der Waals surface area contributed by atoms with E-state index in [0.29, 0.717) is 42.5 Å². The molecule has 0 saturated carbocycles. The van der Waals surface area contributed by atoms with Crippen LogP contribution in [0.25, 0.3) is 33.6 Å². The van der Waals surface area contributed by atoms with Gasteiger partial charge in [0.15, 0.2) is 0 Å². The van der Waals surface area contributed by atoms with E-state index in [2.05, 4.69) is 20.6 Å². The second-order valence-electron chi connectivity index (χ2n) is 15.4. The minimum atomic E-state index is -1.01. The number of aliphatic carboxylic acids is 1. The average Bonchev–Trinajstić information content (AvgIpc) is 4.05. The Labute approximate surface area is 337 Å². The molecule has 0 aliphatic carbocycles. The van der Waals surface area contributed by atoms with E-state index in [0.717, 1.165) is 47.2 Å². The Morgan fingerprint density at radius 3 is 1.66 bits per heavy atom. The van der Waals surface area contributed by atoms with E-state index < -0.39 is 36.3 Å². The van der Waals surface area contributed by atoms with Crippen LogP contribution in [0.1, 0.15) is 82.8 Å². The molecule has 4 atom stereocenters. The lowest BCUT2D eigenvalue weighted by Gasteiger charge is -2.30. The van der Waals surface area contributed by atoms with Gasteiger partial charge in [0.2, 0.25) is 11.8 Å². The highest BCUT2D eigenvalue weighted by Crippen LogP contribution is 2.36. The summed E-state index contributed by atoms with van der Waals surface area (Å²) in [5, 5.41) is 15.1. The predicted molar refractivity (Wildman–Crippen MR) is 214 cm³/mol. The Kier molecular flexibility index (Phi) is 12.8. The van der Waals surface area contributed by atoms with E-state index in [1.54, 1.807) is 9.80 Å². The number of imidazole rings is 2. The molecule has 2 aromatic heterocycles. The van der Waals surface area contributed by atoms with Gasteiger partial charge in [-0.25, -0.2) is 19.6 Å². The van der Waals surface area contributed by atoms with Crippen LogP contribution in [0.4, 0.5) is 9.59 Å². The molecule has 4 heterocycles. The van der Waals surface area contributed by atoms with Gasteiger partial charge >= 0.3 is 18.2 Å². The fraction of sp³-hybridized carbons (Fsp3) is 0.452. The number of amides is 4. The average molecular weight is 797 g/mol. The van der Waals surface area contributed by atoms with E-state index in [1.165, 1.54) is 14.2 Å². The zero-order valence-corrected chi connectivity index (χ0v) is 33.7. The molecule has 0 spiro atoms. The summed E-state index contributed by atoms with van der Waals surface area (Å²) in [6.07, 6.45) is 3.17. The van der Waals surface area contributed by atoms with Gasteiger partial charge in [0.25, 0.3) is 0 Å². The maximum atomic E-state index is 13.7. The fourth-order valence-electron chi connectivity index (χ4n) is 7.80. The predicted octanol–water partition coefficient (Wildman–Crippen LogP) is 5.85. The lowest BCUT2D eigenvalue weighted by atomic mass is 10.0. The van der Waals surface area contributed by atoms with Gasteiger partial charge < -0.3 is 45.0 Å². The molecule has 5 N–H and O–H groups in total. The highest BCUT2D eigenvalue weighted by Gasteiger charge is 2.39. The summed E-state index contributed by atoms with van der Waals surface area (Å²) < 4.78 is 9.49. The maximum absolute atomic E-state index is 13.7. The molecule has 6 rings (SSSR count). The van der Waals surface area contributed by atoms with Gasteiger partial charge in [-0.2, -0.15) is 0 Å². The largest absolute Gasteiger partial charge is 0.481 e. The number of H-pyrrole nitrogens is 2. The Morgan fingerprint density at radius 1 is 0.724 bits per heavy atom. The number of alkyl carbamates (subject to hydrolysis) is 2. The Morgan fingerprint density at radius 2 is 1.19 bits per heavy atom. The molecule has 0 unspecified atom stereocenters. The molecule has 2 aliphatic heterocycles. The second-order valence-corrected chi connectivity index (χ2v) is 15.4. The van der Waals surface area contributed by atoms with Crippen LogP contribution in [0, 0.1) is 11.8 Å². The van der Waals surface area contributed by atoms with Crippen molar-refractivity contribution < 1.29 is 38.6 Å². The summed E-state index contributed by atoms with van der Waals surface area (Å²) in [4.78, 5) is 82.9. The molecule has 16 nitrogen and oxygen atoms in total. The molecular weight excluding hydrogens is 745 g/mol. The van der Waals surface area contributed by atoms with Crippen molar-refractivity contribution in [3.63, 3.8) is 0 Å². The lowest BCUT2D eigenvalue weighted by Crippen LogP contribution is -2.51. The van der Waals surface area contributed by atoms with Crippen LogP contribution in [0.2, 0.25) is 0 Å². The van der Waals surface area contributed by atoms with Crippen molar-refractivity contribution in [3.8, 4) is 33.6 Å². The van der Waals surface area contributed by atoms with Gasteiger partial charge in [-0.05, 0) is 48.6 Å². The standard InChI is InChI=1S/C42H52N8O8/c1-23(2)34(47-41(55)57-5)39(53)49-19-7-9-31(49)37-43-22-30(45-37)27-15-11-25(12-16-27)26-13-17-28(18-14-26)36-29(21-33(51)52)44-38(46-36)32-10-8-20-50(32)40(54)35(24(3)4)48-42(56)58-6/h11-18,22-24,31-32,34-35H,7-10,19-21H2,1-6H3,(H,43,45)(H,44,46)(H,47,55)(H,48,56)(H,51,52)/t31-,32-,34-,35-/m0/s1. The molecule has 2 aliphatic rings. The normalized spacial score (nSPS) is 17.7. The number of rotatable bonds is 13. The first-order valence-electron chi connectivity index (χ1n) is 19.7. The number of ether oxygens (including phenoxy) is 2. The number of carbonyl (C=O) groups excluding carboxylic acids is 4.